The highest BCUT2D eigenvalue weighted by molar-refractivity contribution is 7.11. The number of aryl methyl sites for hydroxylation is 1. The second-order valence-electron chi connectivity index (χ2n) is 9.59. The molecule has 5 heteroatoms. The number of unbranched alkanes of at least 4 members (excludes halogenated alkanes) is 1. The number of thiophene rings is 1. The van der Waals surface area contributed by atoms with Crippen LogP contribution in [0.5, 0.6) is 0 Å². The van der Waals surface area contributed by atoms with Gasteiger partial charge in [-0.3, -0.25) is 9.59 Å². The molecule has 2 aromatic rings. The van der Waals surface area contributed by atoms with E-state index in [0.29, 0.717) is 13.1 Å². The normalized spacial score (nSPS) is 12.4. The molecule has 1 atom stereocenters. The summed E-state index contributed by atoms with van der Waals surface area (Å²) in [4.78, 5) is 33.1. The number of rotatable bonds is 11. The summed E-state index contributed by atoms with van der Waals surface area (Å²) in [6.45, 7) is 13.6. The van der Waals surface area contributed by atoms with Gasteiger partial charge in [0.2, 0.25) is 11.8 Å². The first kappa shape index (κ1) is 26.1. The zero-order valence-electron chi connectivity index (χ0n) is 20.7. The van der Waals surface area contributed by atoms with Gasteiger partial charge in [0.1, 0.15) is 6.54 Å². The fourth-order valence-electron chi connectivity index (χ4n) is 3.85. The van der Waals surface area contributed by atoms with E-state index in [1.54, 1.807) is 16.2 Å². The molecule has 0 fully saturated rings. The number of carbonyl (C=O) groups is 2. The molecule has 0 saturated heterocycles. The maximum atomic E-state index is 13.6. The monoisotopic (exact) mass is 456 g/mol. The standard InChI is InChI=1S/C27H40N2O2S/c1-7-9-15-23(8-2)26(31)29(27(4,5)6)20-25(30)28(18-22-13-11-10-12-14-22)19-24-17-16-21(3)32-24/h10-14,16-17,23H,7-9,15,18-20H2,1-6H3. The third-order valence-electron chi connectivity index (χ3n) is 5.83. The van der Waals surface area contributed by atoms with Crippen molar-refractivity contribution in [1.29, 1.82) is 0 Å². The van der Waals surface area contributed by atoms with Gasteiger partial charge in [-0.05, 0) is 58.2 Å². The Kier molecular flexibility index (Phi) is 9.95. The SMILES string of the molecule is CCCCC(CC)C(=O)N(CC(=O)N(Cc1ccccc1)Cc1ccc(C)s1)C(C)(C)C. The average Bonchev–Trinajstić information content (AvgIpc) is 3.16. The van der Waals surface area contributed by atoms with Gasteiger partial charge in [0.05, 0.1) is 6.54 Å². The zero-order valence-corrected chi connectivity index (χ0v) is 21.5. The summed E-state index contributed by atoms with van der Waals surface area (Å²) in [7, 11) is 0. The van der Waals surface area contributed by atoms with Crippen molar-refractivity contribution in [3.05, 3.63) is 57.8 Å². The first-order valence-corrected chi connectivity index (χ1v) is 12.7. The summed E-state index contributed by atoms with van der Waals surface area (Å²) in [5, 5.41) is 0. The summed E-state index contributed by atoms with van der Waals surface area (Å²) in [6.07, 6.45) is 3.80. The summed E-state index contributed by atoms with van der Waals surface area (Å²) in [6, 6.07) is 14.3. The fraction of sp³-hybridized carbons (Fsp3) is 0.556. The fourth-order valence-corrected chi connectivity index (χ4v) is 4.75. The Balaban J connectivity index is 2.24. The first-order chi connectivity index (χ1) is 15.2. The van der Waals surface area contributed by atoms with Crippen molar-refractivity contribution in [2.45, 2.75) is 85.9 Å². The Morgan fingerprint density at radius 1 is 1.00 bits per heavy atom. The maximum absolute atomic E-state index is 13.6. The van der Waals surface area contributed by atoms with Crippen LogP contribution in [0, 0.1) is 12.8 Å². The average molecular weight is 457 g/mol. The molecular weight excluding hydrogens is 416 g/mol. The van der Waals surface area contributed by atoms with E-state index in [1.165, 1.54) is 4.88 Å². The van der Waals surface area contributed by atoms with Gasteiger partial charge in [0.25, 0.3) is 0 Å². The highest BCUT2D eigenvalue weighted by atomic mass is 32.1. The Morgan fingerprint density at radius 3 is 2.22 bits per heavy atom. The van der Waals surface area contributed by atoms with Crippen molar-refractivity contribution in [3.63, 3.8) is 0 Å². The predicted molar refractivity (Wildman–Crippen MR) is 135 cm³/mol. The molecule has 0 spiro atoms. The second-order valence-corrected chi connectivity index (χ2v) is 11.0. The Morgan fingerprint density at radius 2 is 1.69 bits per heavy atom. The van der Waals surface area contributed by atoms with Crippen LogP contribution >= 0.6 is 11.3 Å². The number of carbonyl (C=O) groups excluding carboxylic acids is 2. The third kappa shape index (κ3) is 7.77. The van der Waals surface area contributed by atoms with Gasteiger partial charge >= 0.3 is 0 Å². The third-order valence-corrected chi connectivity index (χ3v) is 6.81. The number of amides is 2. The first-order valence-electron chi connectivity index (χ1n) is 11.8. The molecule has 0 bridgehead atoms. The molecule has 176 valence electrons. The van der Waals surface area contributed by atoms with Crippen LogP contribution in [0.25, 0.3) is 0 Å². The van der Waals surface area contributed by atoms with Crippen LogP contribution < -0.4 is 0 Å². The van der Waals surface area contributed by atoms with Crippen LogP contribution in [0.3, 0.4) is 0 Å². The minimum Gasteiger partial charge on any atom is -0.332 e. The van der Waals surface area contributed by atoms with E-state index in [-0.39, 0.29) is 24.3 Å². The van der Waals surface area contributed by atoms with Crippen molar-refractivity contribution >= 4 is 23.2 Å². The van der Waals surface area contributed by atoms with Gasteiger partial charge < -0.3 is 9.80 Å². The smallest absolute Gasteiger partial charge is 0.242 e. The summed E-state index contributed by atoms with van der Waals surface area (Å²) in [5.74, 6) is 0.0754. The quantitative estimate of drug-likeness (QED) is 0.391. The van der Waals surface area contributed by atoms with E-state index in [1.807, 2.05) is 56.0 Å². The van der Waals surface area contributed by atoms with Crippen LogP contribution in [-0.4, -0.2) is 33.7 Å². The highest BCUT2D eigenvalue weighted by Gasteiger charge is 2.33. The summed E-state index contributed by atoms with van der Waals surface area (Å²) in [5.41, 5.74) is 0.682. The molecule has 2 amide bonds. The summed E-state index contributed by atoms with van der Waals surface area (Å²) < 4.78 is 0. The van der Waals surface area contributed by atoms with Gasteiger partial charge in [-0.15, -0.1) is 11.3 Å². The molecule has 4 nitrogen and oxygen atoms in total. The zero-order chi connectivity index (χ0) is 23.7. The lowest BCUT2D eigenvalue weighted by atomic mass is 9.94. The molecule has 2 rings (SSSR count). The maximum Gasteiger partial charge on any atom is 0.242 e. The van der Waals surface area contributed by atoms with Crippen molar-refractivity contribution in [3.8, 4) is 0 Å². The molecular formula is C27H40N2O2S. The van der Waals surface area contributed by atoms with E-state index in [0.717, 1.165) is 36.1 Å². The molecule has 0 aliphatic rings. The summed E-state index contributed by atoms with van der Waals surface area (Å²) >= 11 is 1.72. The van der Waals surface area contributed by atoms with Crippen LogP contribution in [0.2, 0.25) is 0 Å². The molecule has 1 unspecified atom stereocenters. The molecule has 0 N–H and O–H groups in total. The molecule has 0 aliphatic heterocycles. The topological polar surface area (TPSA) is 40.6 Å². The van der Waals surface area contributed by atoms with Gasteiger partial charge in [0.15, 0.2) is 0 Å². The Bertz CT molecular complexity index is 854. The second kappa shape index (κ2) is 12.2. The van der Waals surface area contributed by atoms with Crippen LogP contribution in [0.1, 0.15) is 75.6 Å². The van der Waals surface area contributed by atoms with Crippen molar-refractivity contribution < 1.29 is 9.59 Å². The molecule has 0 radical (unpaired) electrons. The largest absolute Gasteiger partial charge is 0.332 e. The van der Waals surface area contributed by atoms with Gasteiger partial charge in [-0.1, -0.05) is 57.0 Å². The van der Waals surface area contributed by atoms with E-state index >= 15 is 0 Å². The number of nitrogens with zero attached hydrogens (tertiary/aromatic N) is 2. The lowest BCUT2D eigenvalue weighted by Gasteiger charge is -2.39. The van der Waals surface area contributed by atoms with Crippen molar-refractivity contribution in [2.24, 2.45) is 5.92 Å². The van der Waals surface area contributed by atoms with Crippen LogP contribution in [0.4, 0.5) is 0 Å². The Labute approximate surface area is 198 Å². The lowest BCUT2D eigenvalue weighted by molar-refractivity contribution is -0.148. The molecule has 0 saturated carbocycles. The highest BCUT2D eigenvalue weighted by Crippen LogP contribution is 2.24. The number of benzene rings is 1. The van der Waals surface area contributed by atoms with E-state index in [4.69, 9.17) is 0 Å². The van der Waals surface area contributed by atoms with Crippen molar-refractivity contribution in [1.82, 2.24) is 9.80 Å². The van der Waals surface area contributed by atoms with Crippen LogP contribution in [0.15, 0.2) is 42.5 Å². The lowest BCUT2D eigenvalue weighted by Crippen LogP contribution is -2.52. The minimum atomic E-state index is -0.412. The molecule has 1 aromatic carbocycles. The van der Waals surface area contributed by atoms with Gasteiger partial charge in [-0.2, -0.15) is 0 Å². The van der Waals surface area contributed by atoms with E-state index < -0.39 is 5.54 Å². The predicted octanol–water partition coefficient (Wildman–Crippen LogP) is 6.43. The molecule has 0 aliphatic carbocycles. The molecule has 32 heavy (non-hydrogen) atoms. The van der Waals surface area contributed by atoms with E-state index in [2.05, 4.69) is 32.9 Å². The van der Waals surface area contributed by atoms with Gasteiger partial charge in [-0.25, -0.2) is 0 Å². The van der Waals surface area contributed by atoms with E-state index in [9.17, 15) is 9.59 Å². The number of hydrogen-bond acceptors (Lipinski definition) is 3. The number of hydrogen-bond donors (Lipinski definition) is 0. The van der Waals surface area contributed by atoms with Crippen LogP contribution in [-0.2, 0) is 22.7 Å². The molecule has 1 aromatic heterocycles. The van der Waals surface area contributed by atoms with Crippen molar-refractivity contribution in [2.75, 3.05) is 6.54 Å². The van der Waals surface area contributed by atoms with Gasteiger partial charge in [0, 0.05) is 27.8 Å². The molecule has 1 heterocycles. The Hall–Kier alpha value is -2.14. The minimum absolute atomic E-state index is 0.00599.